The number of anilines is 3. The third kappa shape index (κ3) is 4.81. The van der Waals surface area contributed by atoms with Crippen LogP contribution in [0, 0.1) is 0 Å². The van der Waals surface area contributed by atoms with Crippen LogP contribution in [-0.4, -0.2) is 4.98 Å². The molecule has 1 aromatic heterocycles. The first kappa shape index (κ1) is 25.8. The van der Waals surface area contributed by atoms with Crippen LogP contribution in [-0.2, 0) is 0 Å². The number of hydrogen-bond acceptors (Lipinski definition) is 3. The van der Waals surface area contributed by atoms with Gasteiger partial charge in [-0.1, -0.05) is 115 Å². The summed E-state index contributed by atoms with van der Waals surface area (Å²) in [6.45, 7) is 0. The second kappa shape index (κ2) is 11.0. The highest BCUT2D eigenvalue weighted by molar-refractivity contribution is 5.88. The number of rotatable bonds is 5. The Balaban J connectivity index is 1.21. The van der Waals surface area contributed by atoms with Gasteiger partial charge >= 0.3 is 0 Å². The Morgan fingerprint density at radius 2 is 0.886 bits per heavy atom. The van der Waals surface area contributed by atoms with Gasteiger partial charge in [0, 0.05) is 16.8 Å². The minimum atomic E-state index is 0.831. The SMILES string of the molecule is c1ccc(-c2cc(-c3cccc(-c4ccc5c(c4)Oc4ccccc4N5c4ccccc4)c3)cc(-c3ccccc3)n2)cc1. The smallest absolute Gasteiger partial charge is 0.152 e. The van der Waals surface area contributed by atoms with Crippen LogP contribution < -0.4 is 9.64 Å². The normalized spacial score (nSPS) is 11.8. The van der Waals surface area contributed by atoms with Crippen LogP contribution in [0.3, 0.4) is 0 Å². The van der Waals surface area contributed by atoms with E-state index in [2.05, 4.69) is 144 Å². The molecule has 0 spiro atoms. The number of hydrogen-bond donors (Lipinski definition) is 0. The molecular weight excluding hydrogens is 536 g/mol. The third-order valence-corrected chi connectivity index (χ3v) is 8.03. The summed E-state index contributed by atoms with van der Waals surface area (Å²) >= 11 is 0. The molecule has 3 heteroatoms. The summed E-state index contributed by atoms with van der Waals surface area (Å²) in [6, 6.07) is 59.0. The molecule has 8 rings (SSSR count). The number of para-hydroxylation sites is 3. The Kier molecular flexibility index (Phi) is 6.47. The molecule has 44 heavy (non-hydrogen) atoms. The Morgan fingerprint density at radius 3 is 1.57 bits per heavy atom. The zero-order chi connectivity index (χ0) is 29.3. The van der Waals surface area contributed by atoms with Gasteiger partial charge in [0.15, 0.2) is 11.5 Å². The van der Waals surface area contributed by atoms with E-state index in [0.29, 0.717) is 0 Å². The monoisotopic (exact) mass is 564 g/mol. The average Bonchev–Trinajstić information content (AvgIpc) is 3.11. The van der Waals surface area contributed by atoms with Crippen molar-refractivity contribution in [2.45, 2.75) is 0 Å². The number of nitrogens with zero attached hydrogens (tertiary/aromatic N) is 2. The first-order valence-corrected chi connectivity index (χ1v) is 14.8. The summed E-state index contributed by atoms with van der Waals surface area (Å²) in [6.07, 6.45) is 0. The van der Waals surface area contributed by atoms with E-state index in [1.165, 1.54) is 0 Å². The molecule has 3 nitrogen and oxygen atoms in total. The van der Waals surface area contributed by atoms with Crippen molar-refractivity contribution >= 4 is 17.1 Å². The lowest BCUT2D eigenvalue weighted by Gasteiger charge is -2.33. The number of aromatic nitrogens is 1. The Morgan fingerprint density at radius 1 is 0.364 bits per heavy atom. The standard InChI is InChI=1S/C41H28N2O/c1-4-13-29(14-5-1)36-26-34(27-37(42-36)30-15-6-2-7-16-30)32-18-12-17-31(25-32)33-23-24-39-41(28-33)44-40-22-11-10-21-38(40)43(39)35-19-8-3-9-20-35/h1-28H. The Bertz CT molecular complexity index is 2030. The second-order valence-corrected chi connectivity index (χ2v) is 10.9. The molecule has 1 aliphatic heterocycles. The van der Waals surface area contributed by atoms with Gasteiger partial charge in [-0.15, -0.1) is 0 Å². The van der Waals surface area contributed by atoms with Gasteiger partial charge in [0.05, 0.1) is 22.8 Å². The average molecular weight is 565 g/mol. The fraction of sp³-hybridized carbons (Fsp3) is 0. The van der Waals surface area contributed by atoms with Crippen LogP contribution in [0.25, 0.3) is 44.8 Å². The fourth-order valence-electron chi connectivity index (χ4n) is 5.88. The van der Waals surface area contributed by atoms with E-state index in [4.69, 9.17) is 9.72 Å². The highest BCUT2D eigenvalue weighted by atomic mass is 16.5. The molecule has 2 heterocycles. The lowest BCUT2D eigenvalue weighted by atomic mass is 9.96. The van der Waals surface area contributed by atoms with E-state index in [-0.39, 0.29) is 0 Å². The minimum Gasteiger partial charge on any atom is -0.453 e. The van der Waals surface area contributed by atoms with Crippen LogP contribution >= 0.6 is 0 Å². The molecule has 208 valence electrons. The van der Waals surface area contributed by atoms with Crippen LogP contribution in [0.5, 0.6) is 11.5 Å². The molecule has 6 aromatic carbocycles. The highest BCUT2D eigenvalue weighted by Crippen LogP contribution is 2.51. The maximum atomic E-state index is 6.49. The van der Waals surface area contributed by atoms with E-state index in [0.717, 1.165) is 73.3 Å². The first-order chi connectivity index (χ1) is 21.8. The van der Waals surface area contributed by atoms with Crippen molar-refractivity contribution in [3.05, 3.63) is 170 Å². The van der Waals surface area contributed by atoms with Crippen molar-refractivity contribution in [2.75, 3.05) is 4.90 Å². The quantitative estimate of drug-likeness (QED) is 0.208. The summed E-state index contributed by atoms with van der Waals surface area (Å²) < 4.78 is 6.49. The zero-order valence-corrected chi connectivity index (χ0v) is 24.0. The number of pyridine rings is 1. The van der Waals surface area contributed by atoms with Crippen molar-refractivity contribution in [1.82, 2.24) is 4.98 Å². The van der Waals surface area contributed by atoms with Crippen LogP contribution in [0.4, 0.5) is 17.1 Å². The largest absolute Gasteiger partial charge is 0.453 e. The van der Waals surface area contributed by atoms with Gasteiger partial charge in [-0.2, -0.15) is 0 Å². The first-order valence-electron chi connectivity index (χ1n) is 14.8. The molecule has 1 aliphatic rings. The molecule has 0 fully saturated rings. The van der Waals surface area contributed by atoms with E-state index in [1.807, 2.05) is 30.3 Å². The molecule has 0 radical (unpaired) electrons. The summed E-state index contributed by atoms with van der Waals surface area (Å²) in [7, 11) is 0. The van der Waals surface area contributed by atoms with E-state index >= 15 is 0 Å². The molecule has 7 aromatic rings. The van der Waals surface area contributed by atoms with E-state index in [1.54, 1.807) is 0 Å². The third-order valence-electron chi connectivity index (χ3n) is 8.03. The molecule has 0 saturated carbocycles. The van der Waals surface area contributed by atoms with Crippen molar-refractivity contribution in [3.8, 4) is 56.3 Å². The lowest BCUT2D eigenvalue weighted by molar-refractivity contribution is 0.477. The van der Waals surface area contributed by atoms with Crippen LogP contribution in [0.1, 0.15) is 0 Å². The predicted octanol–water partition coefficient (Wildman–Crippen LogP) is 11.3. The molecule has 0 atom stereocenters. The van der Waals surface area contributed by atoms with Crippen molar-refractivity contribution < 1.29 is 4.74 Å². The zero-order valence-electron chi connectivity index (χ0n) is 24.0. The maximum absolute atomic E-state index is 6.49. The lowest BCUT2D eigenvalue weighted by Crippen LogP contribution is -2.15. The summed E-state index contributed by atoms with van der Waals surface area (Å²) in [4.78, 5) is 7.32. The van der Waals surface area contributed by atoms with Gasteiger partial charge in [0.25, 0.3) is 0 Å². The highest BCUT2D eigenvalue weighted by Gasteiger charge is 2.26. The molecule has 0 bridgehead atoms. The van der Waals surface area contributed by atoms with Crippen LogP contribution in [0.15, 0.2) is 170 Å². The molecule has 0 amide bonds. The van der Waals surface area contributed by atoms with Gasteiger partial charge in [0.1, 0.15) is 0 Å². The predicted molar refractivity (Wildman–Crippen MR) is 181 cm³/mol. The van der Waals surface area contributed by atoms with Gasteiger partial charge in [-0.25, -0.2) is 4.98 Å². The number of fused-ring (bicyclic) bond motifs is 2. The Hall–Kier alpha value is -5.93. The van der Waals surface area contributed by atoms with Gasteiger partial charge in [-0.3, -0.25) is 0 Å². The van der Waals surface area contributed by atoms with Crippen molar-refractivity contribution in [1.29, 1.82) is 0 Å². The molecule has 0 aliphatic carbocycles. The van der Waals surface area contributed by atoms with Gasteiger partial charge in [-0.05, 0) is 76.9 Å². The van der Waals surface area contributed by atoms with Gasteiger partial charge in [0.2, 0.25) is 0 Å². The number of benzene rings is 6. The summed E-state index contributed by atoms with van der Waals surface area (Å²) in [5.74, 6) is 1.67. The Labute approximate surface area is 257 Å². The maximum Gasteiger partial charge on any atom is 0.152 e. The summed E-state index contributed by atoms with van der Waals surface area (Å²) in [5, 5.41) is 0. The molecule has 0 saturated heterocycles. The topological polar surface area (TPSA) is 25.4 Å². The minimum absolute atomic E-state index is 0.831. The molecular formula is C41H28N2O. The molecule has 0 unspecified atom stereocenters. The number of ether oxygens (including phenoxy) is 1. The van der Waals surface area contributed by atoms with Gasteiger partial charge < -0.3 is 9.64 Å². The molecule has 0 N–H and O–H groups in total. The fourth-order valence-corrected chi connectivity index (χ4v) is 5.88. The van der Waals surface area contributed by atoms with Crippen LogP contribution in [0.2, 0.25) is 0 Å². The summed E-state index contributed by atoms with van der Waals surface area (Å²) in [5.41, 5.74) is 11.7. The second-order valence-electron chi connectivity index (χ2n) is 10.9. The van der Waals surface area contributed by atoms with E-state index < -0.39 is 0 Å². The van der Waals surface area contributed by atoms with Crippen molar-refractivity contribution in [3.63, 3.8) is 0 Å². The van der Waals surface area contributed by atoms with E-state index in [9.17, 15) is 0 Å². The van der Waals surface area contributed by atoms with Crippen molar-refractivity contribution in [2.24, 2.45) is 0 Å².